The highest BCUT2D eigenvalue weighted by Gasteiger charge is 2.33. The van der Waals surface area contributed by atoms with Gasteiger partial charge >= 0.3 is 0 Å². The summed E-state index contributed by atoms with van der Waals surface area (Å²) in [6.07, 6.45) is 7.29. The molecule has 7 heteroatoms. The monoisotopic (exact) mass is 483 g/mol. The fourth-order valence-electron chi connectivity index (χ4n) is 4.82. The maximum Gasteiger partial charge on any atom is 0.151 e. The normalized spacial score (nSPS) is 17.9. The summed E-state index contributed by atoms with van der Waals surface area (Å²) < 4.78 is 5.75. The summed E-state index contributed by atoms with van der Waals surface area (Å²) in [6, 6.07) is 10.5. The largest absolute Gasteiger partial charge is 0.359 e. The van der Waals surface area contributed by atoms with Crippen molar-refractivity contribution < 1.29 is 4.74 Å². The third-order valence-corrected chi connectivity index (χ3v) is 7.05. The lowest BCUT2D eigenvalue weighted by atomic mass is 9.94. The number of anilines is 1. The molecule has 35 heavy (non-hydrogen) atoms. The molecule has 1 aromatic carbocycles. The predicted octanol–water partition coefficient (Wildman–Crippen LogP) is 5.91. The van der Waals surface area contributed by atoms with Crippen LogP contribution in [0.4, 0.5) is 5.82 Å². The van der Waals surface area contributed by atoms with E-state index in [0.29, 0.717) is 6.61 Å². The molecule has 4 aromatic rings. The van der Waals surface area contributed by atoms with E-state index in [4.69, 9.17) is 9.72 Å². The Morgan fingerprint density at radius 2 is 2.03 bits per heavy atom. The maximum atomic E-state index is 5.75. The minimum absolute atomic E-state index is 0.238. The second-order valence-electron chi connectivity index (χ2n) is 9.35. The molecule has 178 valence electrons. The number of rotatable bonds is 6. The summed E-state index contributed by atoms with van der Waals surface area (Å²) >= 11 is 4.57. The highest BCUT2D eigenvalue weighted by atomic mass is 32.1. The topological polar surface area (TPSA) is 64.0 Å². The van der Waals surface area contributed by atoms with Crippen LogP contribution in [-0.2, 0) is 16.3 Å². The van der Waals surface area contributed by atoms with E-state index >= 15 is 0 Å². The summed E-state index contributed by atoms with van der Waals surface area (Å²) in [7, 11) is 2.06. The number of hydrogen-bond donors (Lipinski definition) is 1. The van der Waals surface area contributed by atoms with Crippen LogP contribution in [0.2, 0.25) is 0 Å². The molecule has 6 nitrogen and oxygen atoms in total. The fourth-order valence-corrected chi connectivity index (χ4v) is 5.08. The molecule has 0 amide bonds. The summed E-state index contributed by atoms with van der Waals surface area (Å²) in [6.45, 7) is 11.5. The number of likely N-dealkylation sites (N-methyl/N-ethyl adjacent to an activating group) is 1. The van der Waals surface area contributed by atoms with Crippen molar-refractivity contribution in [3.8, 4) is 11.3 Å². The Kier molecular flexibility index (Phi) is 6.07. The molecular weight excluding hydrogens is 454 g/mol. The Morgan fingerprint density at radius 1 is 1.20 bits per heavy atom. The van der Waals surface area contributed by atoms with Gasteiger partial charge in [-0.15, -0.1) is 12.6 Å². The van der Waals surface area contributed by atoms with Gasteiger partial charge in [-0.25, -0.2) is 9.97 Å². The van der Waals surface area contributed by atoms with E-state index in [1.807, 2.05) is 31.5 Å². The second kappa shape index (κ2) is 9.06. The number of ether oxygens (including phenoxy) is 1. The minimum atomic E-state index is -0.650. The summed E-state index contributed by atoms with van der Waals surface area (Å²) in [4.78, 5) is 19.9. The van der Waals surface area contributed by atoms with Crippen LogP contribution < -0.4 is 4.90 Å². The Balaban J connectivity index is 1.40. The molecule has 2 atom stereocenters. The molecule has 1 aliphatic heterocycles. The predicted molar refractivity (Wildman–Crippen MR) is 145 cm³/mol. The van der Waals surface area contributed by atoms with Crippen molar-refractivity contribution in [2.45, 2.75) is 38.2 Å². The van der Waals surface area contributed by atoms with E-state index in [1.54, 1.807) is 6.33 Å². The summed E-state index contributed by atoms with van der Waals surface area (Å²) in [5.41, 5.74) is 8.19. The molecule has 0 spiro atoms. The van der Waals surface area contributed by atoms with Crippen molar-refractivity contribution in [1.29, 1.82) is 0 Å². The highest BCUT2D eigenvalue weighted by Crippen LogP contribution is 2.39. The van der Waals surface area contributed by atoms with Gasteiger partial charge in [-0.3, -0.25) is 9.97 Å². The fraction of sp³-hybridized carbons (Fsp3) is 0.286. The molecule has 1 aliphatic rings. The standard InChI is InChI=1S/C28H29N5OS/c1-6-21-17(2)12-29-26-22(8-7-9-23(21)26)18(3)14-33(5)25-11-24(31-16-32-25)19-10-20-15-34-28(4,35)27(20)30-13-19/h6-13,16,18,35H,1,14-15H2,2-5H3. The summed E-state index contributed by atoms with van der Waals surface area (Å²) in [5.74, 6) is 1.09. The number of pyridine rings is 2. The van der Waals surface area contributed by atoms with Gasteiger partial charge in [-0.05, 0) is 36.6 Å². The van der Waals surface area contributed by atoms with Gasteiger partial charge in [0.1, 0.15) is 12.1 Å². The van der Waals surface area contributed by atoms with Gasteiger partial charge in [-0.2, -0.15) is 0 Å². The molecule has 3 aromatic heterocycles. The molecule has 0 saturated heterocycles. The van der Waals surface area contributed by atoms with Crippen LogP contribution in [0.15, 0.2) is 55.6 Å². The molecule has 4 heterocycles. The lowest BCUT2D eigenvalue weighted by Gasteiger charge is -2.24. The van der Waals surface area contributed by atoms with Crippen molar-refractivity contribution in [2.75, 3.05) is 18.5 Å². The van der Waals surface area contributed by atoms with E-state index < -0.39 is 4.93 Å². The Labute approximate surface area is 211 Å². The average Bonchev–Trinajstić information content (AvgIpc) is 3.17. The van der Waals surface area contributed by atoms with Crippen LogP contribution in [0.5, 0.6) is 0 Å². The van der Waals surface area contributed by atoms with Crippen LogP contribution in [0.1, 0.15) is 47.7 Å². The van der Waals surface area contributed by atoms with Crippen LogP contribution in [0.25, 0.3) is 28.2 Å². The van der Waals surface area contributed by atoms with Crippen molar-refractivity contribution in [1.82, 2.24) is 19.9 Å². The Morgan fingerprint density at radius 3 is 2.83 bits per heavy atom. The first-order valence-corrected chi connectivity index (χ1v) is 12.1. The molecule has 0 fully saturated rings. The van der Waals surface area contributed by atoms with E-state index in [-0.39, 0.29) is 5.92 Å². The highest BCUT2D eigenvalue weighted by molar-refractivity contribution is 7.81. The van der Waals surface area contributed by atoms with Crippen molar-refractivity contribution >= 4 is 35.4 Å². The van der Waals surface area contributed by atoms with Crippen molar-refractivity contribution in [3.63, 3.8) is 0 Å². The second-order valence-corrected chi connectivity index (χ2v) is 10.2. The van der Waals surface area contributed by atoms with Crippen LogP contribution >= 0.6 is 12.6 Å². The lowest BCUT2D eigenvalue weighted by molar-refractivity contribution is 0.0505. The Hall–Kier alpha value is -3.29. The van der Waals surface area contributed by atoms with Crippen molar-refractivity contribution in [3.05, 3.63) is 83.6 Å². The molecule has 0 bridgehead atoms. The zero-order valence-electron chi connectivity index (χ0n) is 20.5. The average molecular weight is 484 g/mol. The number of thiol groups is 1. The molecular formula is C28H29N5OS. The SMILES string of the molecule is C=Cc1c(C)cnc2c(C(C)CN(C)c3cc(-c4cnc5c(c4)COC5(C)S)ncn3)cccc12. The smallest absolute Gasteiger partial charge is 0.151 e. The van der Waals surface area contributed by atoms with Gasteiger partial charge in [0.25, 0.3) is 0 Å². The number of benzene rings is 1. The van der Waals surface area contributed by atoms with Crippen LogP contribution in [0, 0.1) is 6.92 Å². The first-order valence-electron chi connectivity index (χ1n) is 11.7. The zero-order valence-corrected chi connectivity index (χ0v) is 21.4. The minimum Gasteiger partial charge on any atom is -0.359 e. The first-order chi connectivity index (χ1) is 16.8. The number of hydrogen-bond acceptors (Lipinski definition) is 7. The number of aryl methyl sites for hydroxylation is 1. The molecule has 0 radical (unpaired) electrons. The van der Waals surface area contributed by atoms with Gasteiger partial charge in [0.2, 0.25) is 0 Å². The van der Waals surface area contributed by atoms with Gasteiger partial charge < -0.3 is 9.64 Å². The van der Waals surface area contributed by atoms with Gasteiger partial charge in [0.15, 0.2) is 4.93 Å². The quantitative estimate of drug-likeness (QED) is 0.344. The number of aromatic nitrogens is 4. The van der Waals surface area contributed by atoms with Crippen LogP contribution in [0.3, 0.4) is 0 Å². The van der Waals surface area contributed by atoms with Crippen molar-refractivity contribution in [2.24, 2.45) is 0 Å². The van der Waals surface area contributed by atoms with Crippen LogP contribution in [-0.4, -0.2) is 33.5 Å². The molecule has 0 N–H and O–H groups in total. The van der Waals surface area contributed by atoms with Gasteiger partial charge in [-0.1, -0.05) is 37.8 Å². The number of nitrogens with zero attached hydrogens (tertiary/aromatic N) is 5. The molecule has 0 aliphatic carbocycles. The van der Waals surface area contributed by atoms with E-state index in [0.717, 1.165) is 56.9 Å². The zero-order chi connectivity index (χ0) is 24.7. The summed E-state index contributed by atoms with van der Waals surface area (Å²) in [5, 5.41) is 1.14. The van der Waals surface area contributed by atoms with E-state index in [9.17, 15) is 0 Å². The molecule has 2 unspecified atom stereocenters. The maximum absolute atomic E-state index is 5.75. The van der Waals surface area contributed by atoms with Gasteiger partial charge in [0.05, 0.1) is 23.5 Å². The van der Waals surface area contributed by atoms with E-state index in [1.165, 1.54) is 5.56 Å². The number of fused-ring (bicyclic) bond motifs is 2. The third kappa shape index (κ3) is 4.30. The molecule has 5 rings (SSSR count). The Bertz CT molecular complexity index is 1430. The van der Waals surface area contributed by atoms with Gasteiger partial charge in [0, 0.05) is 54.5 Å². The third-order valence-electron chi connectivity index (χ3n) is 6.71. The lowest BCUT2D eigenvalue weighted by Crippen LogP contribution is -2.24. The molecule has 0 saturated carbocycles. The first kappa shape index (κ1) is 23.5. The van der Waals surface area contributed by atoms with E-state index in [2.05, 4.69) is 84.2 Å². The number of para-hydroxylation sites is 1.